The van der Waals surface area contributed by atoms with Gasteiger partial charge in [0.2, 0.25) is 0 Å². The highest BCUT2D eigenvalue weighted by Crippen LogP contribution is 2.45. The molecule has 1 aromatic heterocycles. The Bertz CT molecular complexity index is 1340. The van der Waals surface area contributed by atoms with Crippen LogP contribution in [0, 0.1) is 6.92 Å². The fourth-order valence-electron chi connectivity index (χ4n) is 4.75. The number of sulfone groups is 1. The summed E-state index contributed by atoms with van der Waals surface area (Å²) in [5.41, 5.74) is 2.68. The number of carbonyl (C=O) groups excluding carboxylic acids is 2. The fourth-order valence-corrected chi connectivity index (χ4v) is 5.98. The van der Waals surface area contributed by atoms with Crippen molar-refractivity contribution in [3.63, 3.8) is 0 Å². The van der Waals surface area contributed by atoms with Gasteiger partial charge in [-0.2, -0.15) is 0 Å². The summed E-state index contributed by atoms with van der Waals surface area (Å²) in [7, 11) is -3.28. The van der Waals surface area contributed by atoms with Crippen LogP contribution in [0.1, 0.15) is 69.1 Å². The number of hydrogen-bond acceptors (Lipinski definition) is 5. The molecule has 1 aromatic carbocycles. The summed E-state index contributed by atoms with van der Waals surface area (Å²) in [6.45, 7) is 2.95. The molecule has 8 nitrogen and oxygen atoms in total. The van der Waals surface area contributed by atoms with E-state index >= 15 is 0 Å². The number of nitrogens with one attached hydrogen (secondary N) is 1. The molecule has 5 rings (SSSR count). The maximum Gasteiger partial charge on any atom is 0.270 e. The van der Waals surface area contributed by atoms with Crippen LogP contribution in [-0.2, 0) is 22.9 Å². The van der Waals surface area contributed by atoms with Gasteiger partial charge in [-0.15, -0.1) is 0 Å². The lowest BCUT2D eigenvalue weighted by molar-refractivity contribution is 0.0693. The topological polar surface area (TPSA) is 106 Å². The Balaban J connectivity index is 1.43. The molecule has 9 heteroatoms. The van der Waals surface area contributed by atoms with E-state index in [0.717, 1.165) is 29.5 Å². The molecular formula is C25H29N3O5S. The molecule has 0 bridgehead atoms. The lowest BCUT2D eigenvalue weighted by Gasteiger charge is -2.33. The van der Waals surface area contributed by atoms with E-state index in [2.05, 4.69) is 5.32 Å². The first-order valence-corrected chi connectivity index (χ1v) is 13.6. The Hall–Kier alpha value is -2.94. The van der Waals surface area contributed by atoms with Crippen LogP contribution >= 0.6 is 0 Å². The van der Waals surface area contributed by atoms with Crippen LogP contribution in [0.4, 0.5) is 0 Å². The fraction of sp³-hybridized carbons (Fsp3) is 0.480. The number of aromatic nitrogens is 1. The molecule has 0 spiro atoms. The highest BCUT2D eigenvalue weighted by atomic mass is 32.2. The van der Waals surface area contributed by atoms with E-state index < -0.39 is 26.1 Å². The van der Waals surface area contributed by atoms with Crippen LogP contribution in [0.25, 0.3) is 0 Å². The van der Waals surface area contributed by atoms with E-state index in [1.807, 2.05) is 31.2 Å². The van der Waals surface area contributed by atoms with Crippen LogP contribution in [0.5, 0.6) is 0 Å². The van der Waals surface area contributed by atoms with Gasteiger partial charge < -0.3 is 14.8 Å². The quantitative estimate of drug-likeness (QED) is 0.649. The third-order valence-electron chi connectivity index (χ3n) is 7.31. The van der Waals surface area contributed by atoms with Crippen molar-refractivity contribution in [1.29, 1.82) is 0 Å². The number of pyridine rings is 1. The van der Waals surface area contributed by atoms with Crippen molar-refractivity contribution in [2.24, 2.45) is 0 Å². The number of amides is 2. The first-order valence-electron chi connectivity index (χ1n) is 11.7. The summed E-state index contributed by atoms with van der Waals surface area (Å²) in [6.07, 6.45) is 4.13. The van der Waals surface area contributed by atoms with Gasteiger partial charge >= 0.3 is 0 Å². The molecule has 0 atom stereocenters. The van der Waals surface area contributed by atoms with E-state index in [1.54, 1.807) is 11.0 Å². The standard InChI is InChI=1S/C25H29N3O5S/c1-16-3-5-17(6-4-16)14-26-22(29)20-13-19(18-7-8-18)21-24(31)27(11-12-28(21)23(20)30)15-25(9-10-25)34(2,32)33/h3-6,13,18H,7-12,14-15H2,1-2H3,(H,26,29). The van der Waals surface area contributed by atoms with Crippen LogP contribution in [0.15, 0.2) is 35.1 Å². The molecule has 0 unspecified atom stereocenters. The van der Waals surface area contributed by atoms with Gasteiger partial charge in [-0.1, -0.05) is 29.8 Å². The summed E-state index contributed by atoms with van der Waals surface area (Å²) in [5.74, 6) is -0.627. The minimum Gasteiger partial charge on any atom is -0.348 e. The van der Waals surface area contributed by atoms with Gasteiger partial charge in [-0.3, -0.25) is 14.4 Å². The maximum absolute atomic E-state index is 13.4. The zero-order valence-corrected chi connectivity index (χ0v) is 20.3. The normalized spacial score (nSPS) is 19.0. The second-order valence-electron chi connectivity index (χ2n) is 9.94. The van der Waals surface area contributed by atoms with Crippen molar-refractivity contribution in [1.82, 2.24) is 14.8 Å². The average Bonchev–Trinajstić information content (AvgIpc) is 3.70. The largest absolute Gasteiger partial charge is 0.348 e. The average molecular weight is 484 g/mol. The van der Waals surface area contributed by atoms with Crippen molar-refractivity contribution in [3.05, 3.63) is 68.6 Å². The molecule has 180 valence electrons. The number of aryl methyl sites for hydroxylation is 1. The van der Waals surface area contributed by atoms with Crippen LogP contribution in [-0.4, -0.2) is 53.8 Å². The second-order valence-corrected chi connectivity index (χ2v) is 12.4. The van der Waals surface area contributed by atoms with E-state index in [-0.39, 0.29) is 37.0 Å². The minimum atomic E-state index is -3.28. The van der Waals surface area contributed by atoms with Gasteiger partial charge in [0.25, 0.3) is 17.4 Å². The van der Waals surface area contributed by atoms with Crippen LogP contribution in [0.3, 0.4) is 0 Å². The van der Waals surface area contributed by atoms with Gasteiger partial charge in [-0.05, 0) is 55.7 Å². The van der Waals surface area contributed by atoms with Gasteiger partial charge in [-0.25, -0.2) is 8.42 Å². The predicted molar refractivity (Wildman–Crippen MR) is 128 cm³/mol. The first kappa shape index (κ1) is 22.8. The van der Waals surface area contributed by atoms with Gasteiger partial charge in [0.05, 0.1) is 4.75 Å². The molecule has 2 aliphatic carbocycles. The molecular weight excluding hydrogens is 454 g/mol. The first-order chi connectivity index (χ1) is 16.1. The Labute approximate surface area is 198 Å². The van der Waals surface area contributed by atoms with Crippen molar-refractivity contribution in [3.8, 4) is 0 Å². The molecule has 2 fully saturated rings. The van der Waals surface area contributed by atoms with Gasteiger partial charge in [0.1, 0.15) is 11.3 Å². The van der Waals surface area contributed by atoms with Crippen molar-refractivity contribution in [2.45, 2.75) is 56.4 Å². The zero-order valence-electron chi connectivity index (χ0n) is 19.5. The number of nitrogens with zero attached hydrogens (tertiary/aromatic N) is 2. The van der Waals surface area contributed by atoms with Crippen LogP contribution in [0.2, 0.25) is 0 Å². The predicted octanol–water partition coefficient (Wildman–Crippen LogP) is 2.00. The molecule has 34 heavy (non-hydrogen) atoms. The van der Waals surface area contributed by atoms with Crippen molar-refractivity contribution >= 4 is 21.7 Å². The molecule has 3 aliphatic rings. The molecule has 2 aromatic rings. The lowest BCUT2D eigenvalue weighted by atomic mass is 10.0. The summed E-state index contributed by atoms with van der Waals surface area (Å²) in [6, 6.07) is 9.38. The SMILES string of the molecule is Cc1ccc(CNC(=O)c2cc(C3CC3)c3n(c2=O)CCN(CC2(S(C)(=O)=O)CC2)C3=O)cc1. The number of carbonyl (C=O) groups is 2. The highest BCUT2D eigenvalue weighted by molar-refractivity contribution is 7.92. The summed E-state index contributed by atoms with van der Waals surface area (Å²) >= 11 is 0. The minimum absolute atomic E-state index is 0.0498. The lowest BCUT2D eigenvalue weighted by Crippen LogP contribution is -2.50. The van der Waals surface area contributed by atoms with E-state index in [0.29, 0.717) is 25.1 Å². The van der Waals surface area contributed by atoms with E-state index in [9.17, 15) is 22.8 Å². The number of fused-ring (bicyclic) bond motifs is 1. The molecule has 2 amide bonds. The smallest absolute Gasteiger partial charge is 0.270 e. The van der Waals surface area contributed by atoms with Crippen LogP contribution < -0.4 is 10.9 Å². The van der Waals surface area contributed by atoms with Crippen molar-refractivity contribution < 1.29 is 18.0 Å². The van der Waals surface area contributed by atoms with Crippen molar-refractivity contribution in [2.75, 3.05) is 19.3 Å². The summed E-state index contributed by atoms with van der Waals surface area (Å²) in [5, 5.41) is 2.83. The third-order valence-corrected chi connectivity index (χ3v) is 9.42. The monoisotopic (exact) mass is 483 g/mol. The summed E-state index contributed by atoms with van der Waals surface area (Å²) in [4.78, 5) is 41.2. The second kappa shape index (κ2) is 8.08. The third kappa shape index (κ3) is 4.06. The molecule has 2 saturated carbocycles. The molecule has 1 aliphatic heterocycles. The number of rotatable bonds is 7. The van der Waals surface area contributed by atoms with Gasteiger partial charge in [0, 0.05) is 32.4 Å². The number of benzene rings is 1. The zero-order chi connectivity index (χ0) is 24.3. The number of hydrogen-bond donors (Lipinski definition) is 1. The maximum atomic E-state index is 13.4. The molecule has 1 N–H and O–H groups in total. The Morgan fingerprint density at radius 3 is 2.38 bits per heavy atom. The van der Waals surface area contributed by atoms with E-state index in [1.165, 1.54) is 10.8 Å². The molecule has 0 saturated heterocycles. The Morgan fingerprint density at radius 2 is 1.79 bits per heavy atom. The Morgan fingerprint density at radius 1 is 1.12 bits per heavy atom. The molecule has 2 heterocycles. The van der Waals surface area contributed by atoms with E-state index in [4.69, 9.17) is 0 Å². The van der Waals surface area contributed by atoms with Gasteiger partial charge in [0.15, 0.2) is 9.84 Å². The summed E-state index contributed by atoms with van der Waals surface area (Å²) < 4.78 is 25.1. The Kier molecular flexibility index (Phi) is 5.42. The molecule has 0 radical (unpaired) electrons. The highest BCUT2D eigenvalue weighted by Gasteiger charge is 2.54.